The molecule has 28 heavy (non-hydrogen) atoms. The van der Waals surface area contributed by atoms with Gasteiger partial charge in [-0.2, -0.15) is 8.42 Å². The summed E-state index contributed by atoms with van der Waals surface area (Å²) in [5.41, 5.74) is 4.18. The van der Waals surface area contributed by atoms with Gasteiger partial charge in [0.05, 0.1) is 24.7 Å². The van der Waals surface area contributed by atoms with E-state index in [9.17, 15) is 13.2 Å². The molecular formula is C20H27N3O4S. The first kappa shape index (κ1) is 21.8. The van der Waals surface area contributed by atoms with Gasteiger partial charge in [0.2, 0.25) is 5.91 Å². The molecule has 0 aliphatic carbocycles. The first-order chi connectivity index (χ1) is 13.3. The molecule has 0 saturated carbocycles. The number of aryl methyl sites for hydroxylation is 2. The molecule has 1 amide bonds. The summed E-state index contributed by atoms with van der Waals surface area (Å²) in [5.74, 6) is -0.0365. The van der Waals surface area contributed by atoms with Crippen molar-refractivity contribution < 1.29 is 17.4 Å². The van der Waals surface area contributed by atoms with Gasteiger partial charge in [-0.25, -0.2) is 0 Å². The van der Waals surface area contributed by atoms with E-state index in [0.717, 1.165) is 36.0 Å². The fourth-order valence-electron chi connectivity index (χ4n) is 2.58. The molecule has 2 N–H and O–H groups in total. The van der Waals surface area contributed by atoms with Crippen molar-refractivity contribution in [3.63, 3.8) is 0 Å². The summed E-state index contributed by atoms with van der Waals surface area (Å²) in [5, 5.41) is 5.94. The van der Waals surface area contributed by atoms with Crippen LogP contribution in [0.5, 0.6) is 0 Å². The van der Waals surface area contributed by atoms with Crippen LogP contribution < -0.4 is 10.6 Å². The highest BCUT2D eigenvalue weighted by Gasteiger charge is 2.03. The molecule has 0 aliphatic rings. The number of benzene rings is 1. The number of nitrogens with zero attached hydrogens (tertiary/aromatic N) is 1. The lowest BCUT2D eigenvalue weighted by atomic mass is 10.0. The van der Waals surface area contributed by atoms with Crippen LogP contribution in [-0.2, 0) is 38.4 Å². The van der Waals surface area contributed by atoms with Crippen molar-refractivity contribution in [2.24, 2.45) is 0 Å². The first-order valence-corrected chi connectivity index (χ1v) is 11.0. The monoisotopic (exact) mass is 405 g/mol. The number of aromatic nitrogens is 1. The van der Waals surface area contributed by atoms with Crippen molar-refractivity contribution in [1.82, 2.24) is 10.3 Å². The number of nitrogens with one attached hydrogen (secondary N) is 2. The Morgan fingerprint density at radius 1 is 1.00 bits per heavy atom. The number of hydrogen-bond acceptors (Lipinski definition) is 6. The molecule has 0 fully saturated rings. The predicted molar refractivity (Wildman–Crippen MR) is 110 cm³/mol. The fraction of sp³-hybridized carbons (Fsp3) is 0.400. The Morgan fingerprint density at radius 3 is 2.25 bits per heavy atom. The maximum Gasteiger partial charge on any atom is 0.264 e. The minimum absolute atomic E-state index is 0.0365. The van der Waals surface area contributed by atoms with Gasteiger partial charge in [-0.05, 0) is 42.5 Å². The number of hydrogen-bond donors (Lipinski definition) is 2. The Kier molecular flexibility index (Phi) is 8.41. The van der Waals surface area contributed by atoms with E-state index in [1.54, 1.807) is 6.20 Å². The molecule has 7 nitrogen and oxygen atoms in total. The lowest BCUT2D eigenvalue weighted by molar-refractivity contribution is -0.118. The second-order valence-corrected chi connectivity index (χ2v) is 8.18. The normalized spacial score (nSPS) is 11.2. The molecule has 152 valence electrons. The summed E-state index contributed by atoms with van der Waals surface area (Å²) in [7, 11) is -3.38. The zero-order valence-electron chi connectivity index (χ0n) is 16.3. The van der Waals surface area contributed by atoms with E-state index in [1.165, 1.54) is 12.5 Å². The van der Waals surface area contributed by atoms with E-state index in [0.29, 0.717) is 19.5 Å². The standard InChI is InChI=1S/C20H27N3O4S/c1-16(24)21-12-13-22-20-10-9-19(23-15-20)8-7-17-3-5-18(6-4-17)11-14-27-28(2,25)26/h3-6,9-10,15,22H,7-8,11-14H2,1-2H3,(H,21,24). The first-order valence-electron chi connectivity index (χ1n) is 9.17. The Bertz CT molecular complexity index is 850. The van der Waals surface area contributed by atoms with E-state index >= 15 is 0 Å². The average molecular weight is 406 g/mol. The Hall–Kier alpha value is -2.45. The molecule has 1 aromatic heterocycles. The molecule has 1 aromatic carbocycles. The minimum atomic E-state index is -3.38. The molecule has 0 saturated heterocycles. The smallest absolute Gasteiger partial charge is 0.264 e. The van der Waals surface area contributed by atoms with Crippen LogP contribution in [-0.4, -0.2) is 45.3 Å². The predicted octanol–water partition coefficient (Wildman–Crippen LogP) is 1.93. The summed E-state index contributed by atoms with van der Waals surface area (Å²) < 4.78 is 26.7. The summed E-state index contributed by atoms with van der Waals surface area (Å²) in [4.78, 5) is 15.3. The number of rotatable bonds is 11. The van der Waals surface area contributed by atoms with E-state index in [1.807, 2.05) is 36.4 Å². The molecule has 0 aliphatic heterocycles. The van der Waals surface area contributed by atoms with E-state index in [4.69, 9.17) is 4.18 Å². The largest absolute Gasteiger partial charge is 0.382 e. The van der Waals surface area contributed by atoms with Gasteiger partial charge in [0.1, 0.15) is 0 Å². The quantitative estimate of drug-likeness (QED) is 0.438. The summed E-state index contributed by atoms with van der Waals surface area (Å²) in [6, 6.07) is 12.1. The van der Waals surface area contributed by atoms with Gasteiger partial charge in [0.25, 0.3) is 10.1 Å². The SMILES string of the molecule is CC(=O)NCCNc1ccc(CCc2ccc(CCOS(C)(=O)=O)cc2)nc1. The zero-order chi connectivity index (χ0) is 20.4. The highest BCUT2D eigenvalue weighted by molar-refractivity contribution is 7.85. The van der Waals surface area contributed by atoms with Gasteiger partial charge in [-0.1, -0.05) is 24.3 Å². The highest BCUT2D eigenvalue weighted by atomic mass is 32.2. The Balaban J connectivity index is 1.73. The second-order valence-electron chi connectivity index (χ2n) is 6.54. The van der Waals surface area contributed by atoms with Crippen molar-refractivity contribution in [2.45, 2.75) is 26.2 Å². The van der Waals surface area contributed by atoms with Gasteiger partial charge in [-0.15, -0.1) is 0 Å². The molecular weight excluding hydrogens is 378 g/mol. The molecule has 2 aromatic rings. The third-order valence-electron chi connectivity index (χ3n) is 4.03. The van der Waals surface area contributed by atoms with Crippen LogP contribution in [0.4, 0.5) is 5.69 Å². The Morgan fingerprint density at radius 2 is 1.68 bits per heavy atom. The zero-order valence-corrected chi connectivity index (χ0v) is 17.1. The van der Waals surface area contributed by atoms with Crippen molar-refractivity contribution in [3.05, 3.63) is 59.4 Å². The van der Waals surface area contributed by atoms with Crippen molar-refractivity contribution in [1.29, 1.82) is 0 Å². The van der Waals surface area contributed by atoms with Gasteiger partial charge in [0, 0.05) is 25.7 Å². The van der Waals surface area contributed by atoms with Crippen LogP contribution in [0.2, 0.25) is 0 Å². The summed E-state index contributed by atoms with van der Waals surface area (Å²) >= 11 is 0. The van der Waals surface area contributed by atoms with Gasteiger partial charge >= 0.3 is 0 Å². The second kappa shape index (κ2) is 10.8. The summed E-state index contributed by atoms with van der Waals surface area (Å²) in [6.45, 7) is 2.89. The molecule has 0 atom stereocenters. The van der Waals surface area contributed by atoms with Gasteiger partial charge in [-0.3, -0.25) is 14.0 Å². The molecule has 8 heteroatoms. The van der Waals surface area contributed by atoms with Gasteiger partial charge in [0.15, 0.2) is 0 Å². The maximum absolute atomic E-state index is 11.0. The molecule has 1 heterocycles. The van der Waals surface area contributed by atoms with Crippen molar-refractivity contribution >= 4 is 21.7 Å². The molecule has 0 radical (unpaired) electrons. The number of carbonyl (C=O) groups is 1. The van der Waals surface area contributed by atoms with Crippen LogP contribution in [0, 0.1) is 0 Å². The van der Waals surface area contributed by atoms with Crippen LogP contribution >= 0.6 is 0 Å². The molecule has 0 spiro atoms. The molecule has 0 bridgehead atoms. The van der Waals surface area contributed by atoms with Crippen molar-refractivity contribution in [2.75, 3.05) is 31.3 Å². The van der Waals surface area contributed by atoms with Crippen molar-refractivity contribution in [3.8, 4) is 0 Å². The maximum atomic E-state index is 11.0. The van der Waals surface area contributed by atoms with Crippen LogP contribution in [0.25, 0.3) is 0 Å². The third-order valence-corrected chi connectivity index (χ3v) is 4.63. The van der Waals surface area contributed by atoms with E-state index in [-0.39, 0.29) is 12.5 Å². The fourth-order valence-corrected chi connectivity index (χ4v) is 2.96. The van der Waals surface area contributed by atoms with Gasteiger partial charge < -0.3 is 10.6 Å². The van der Waals surface area contributed by atoms with E-state index < -0.39 is 10.1 Å². The third kappa shape index (κ3) is 8.96. The molecule has 2 rings (SSSR count). The lowest BCUT2D eigenvalue weighted by Crippen LogP contribution is -2.26. The number of carbonyl (C=O) groups excluding carboxylic acids is 1. The highest BCUT2D eigenvalue weighted by Crippen LogP contribution is 2.11. The van der Waals surface area contributed by atoms with Crippen LogP contribution in [0.15, 0.2) is 42.6 Å². The number of amides is 1. The number of pyridine rings is 1. The summed E-state index contributed by atoms with van der Waals surface area (Å²) in [6.07, 6.45) is 5.13. The lowest BCUT2D eigenvalue weighted by Gasteiger charge is -2.08. The van der Waals surface area contributed by atoms with Crippen LogP contribution in [0.1, 0.15) is 23.7 Å². The van der Waals surface area contributed by atoms with E-state index in [2.05, 4.69) is 15.6 Å². The number of anilines is 1. The topological polar surface area (TPSA) is 97.4 Å². The average Bonchev–Trinajstić information content (AvgIpc) is 2.64. The minimum Gasteiger partial charge on any atom is -0.382 e. The Labute approximate surface area is 166 Å². The van der Waals surface area contributed by atoms with Crippen LogP contribution in [0.3, 0.4) is 0 Å². The molecule has 0 unspecified atom stereocenters.